The molecule has 1 atom stereocenters. The van der Waals surface area contributed by atoms with E-state index in [2.05, 4.69) is 11.9 Å². The fourth-order valence-corrected chi connectivity index (χ4v) is 6.16. The lowest BCUT2D eigenvalue weighted by Gasteiger charge is -2.35. The first-order valence-corrected chi connectivity index (χ1v) is 13.7. The molecule has 6 rings (SSSR count). The predicted octanol–water partition coefficient (Wildman–Crippen LogP) is 6.71. The van der Waals surface area contributed by atoms with E-state index in [1.165, 1.54) is 0 Å². The van der Waals surface area contributed by atoms with E-state index in [0.29, 0.717) is 66.7 Å². The number of aryl methyl sites for hydroxylation is 1. The van der Waals surface area contributed by atoms with Gasteiger partial charge in [0.2, 0.25) is 5.88 Å². The van der Waals surface area contributed by atoms with Gasteiger partial charge in [-0.05, 0) is 48.1 Å². The van der Waals surface area contributed by atoms with Gasteiger partial charge in [-0.25, -0.2) is 4.98 Å². The molecule has 6 nitrogen and oxygen atoms in total. The second-order valence-corrected chi connectivity index (χ2v) is 11.0. The molecule has 1 N–H and O–H groups in total. The molecule has 2 aromatic carbocycles. The first kappa shape index (κ1) is 25.2. The van der Waals surface area contributed by atoms with Crippen molar-refractivity contribution in [2.24, 2.45) is 5.92 Å². The monoisotopic (exact) mass is 549 g/mol. The van der Waals surface area contributed by atoms with Crippen molar-refractivity contribution in [2.75, 3.05) is 19.8 Å². The quantitative estimate of drug-likeness (QED) is 0.278. The molecule has 1 unspecified atom stereocenters. The Hall–Kier alpha value is -3.06. The van der Waals surface area contributed by atoms with Gasteiger partial charge in [-0.15, -0.1) is 0 Å². The Kier molecular flexibility index (Phi) is 6.81. The second kappa shape index (κ2) is 10.3. The molecular weight excluding hydrogens is 521 g/mol. The van der Waals surface area contributed by atoms with E-state index in [1.54, 1.807) is 0 Å². The first-order valence-electron chi connectivity index (χ1n) is 12.9. The number of benzene rings is 2. The fourth-order valence-electron chi connectivity index (χ4n) is 5.44. The molecule has 2 aliphatic heterocycles. The molecule has 0 saturated carbocycles. The van der Waals surface area contributed by atoms with Crippen molar-refractivity contribution < 1.29 is 14.3 Å². The lowest BCUT2D eigenvalue weighted by Crippen LogP contribution is -2.38. The third kappa shape index (κ3) is 4.45. The largest absolute Gasteiger partial charge is 0.473 e. The summed E-state index contributed by atoms with van der Waals surface area (Å²) in [5, 5.41) is 2.11. The highest BCUT2D eigenvalue weighted by Crippen LogP contribution is 2.42. The molecule has 0 aliphatic carbocycles. The number of nitrogens with one attached hydrogen (secondary N) is 1. The van der Waals surface area contributed by atoms with E-state index < -0.39 is 0 Å². The van der Waals surface area contributed by atoms with Crippen LogP contribution >= 0.6 is 23.2 Å². The van der Waals surface area contributed by atoms with Crippen LogP contribution in [0.15, 0.2) is 48.7 Å². The number of H-pyrrole nitrogens is 1. The smallest absolute Gasteiger partial charge is 0.256 e. The van der Waals surface area contributed by atoms with Gasteiger partial charge in [0.15, 0.2) is 0 Å². The fraction of sp³-hybridized carbons (Fsp3) is 0.333. The minimum absolute atomic E-state index is 0.115. The molecular formula is C30H29Cl2N3O3. The lowest BCUT2D eigenvalue weighted by molar-refractivity contribution is -0.0423. The Labute approximate surface area is 231 Å². The summed E-state index contributed by atoms with van der Waals surface area (Å²) in [5.41, 5.74) is 5.97. The normalized spacial score (nSPS) is 16.4. The predicted molar refractivity (Wildman–Crippen MR) is 149 cm³/mol. The molecule has 38 heavy (non-hydrogen) atoms. The van der Waals surface area contributed by atoms with Crippen LogP contribution in [-0.4, -0.2) is 40.5 Å². The van der Waals surface area contributed by atoms with E-state index in [4.69, 9.17) is 37.7 Å². The highest BCUT2D eigenvalue weighted by Gasteiger charge is 2.34. The van der Waals surface area contributed by atoms with Crippen molar-refractivity contribution in [3.8, 4) is 5.88 Å². The van der Waals surface area contributed by atoms with E-state index >= 15 is 0 Å². The van der Waals surface area contributed by atoms with Gasteiger partial charge in [-0.2, -0.15) is 0 Å². The van der Waals surface area contributed by atoms with Crippen molar-refractivity contribution >= 4 is 40.0 Å². The van der Waals surface area contributed by atoms with Crippen LogP contribution in [0.25, 0.3) is 10.9 Å². The Morgan fingerprint density at radius 1 is 1.21 bits per heavy atom. The molecule has 196 valence electrons. The van der Waals surface area contributed by atoms with Crippen LogP contribution in [0.4, 0.5) is 0 Å². The standard InChI is InChI=1S/C30H29Cl2N3O3/c1-17(20-15-37-16-20)23-12-25(31)22-9-11-35(30(36)26(22)27(23)32)13-24-21-8-10-33-28(21)18(2)34-29(24)38-14-19-6-4-3-5-7-19/h3-8,10,12,17,20,33H,9,11,13-16H2,1-2H3. The van der Waals surface area contributed by atoms with Gasteiger partial charge in [0.05, 0.1) is 41.6 Å². The zero-order valence-corrected chi connectivity index (χ0v) is 22.9. The number of amides is 1. The van der Waals surface area contributed by atoms with Crippen LogP contribution in [0.2, 0.25) is 10.0 Å². The van der Waals surface area contributed by atoms with E-state index in [1.807, 2.05) is 60.5 Å². The Morgan fingerprint density at radius 3 is 2.74 bits per heavy atom. The maximum absolute atomic E-state index is 13.9. The number of aromatic nitrogens is 2. The number of hydrogen-bond donors (Lipinski definition) is 1. The molecule has 8 heteroatoms. The third-order valence-electron chi connectivity index (χ3n) is 7.87. The summed E-state index contributed by atoms with van der Waals surface area (Å²) in [7, 11) is 0. The number of carbonyl (C=O) groups excluding carboxylic acids is 1. The average molecular weight is 550 g/mol. The zero-order chi connectivity index (χ0) is 26.4. The van der Waals surface area contributed by atoms with E-state index in [0.717, 1.165) is 38.9 Å². The molecule has 1 amide bonds. The lowest BCUT2D eigenvalue weighted by atomic mass is 9.84. The highest BCUT2D eigenvalue weighted by atomic mass is 35.5. The van der Waals surface area contributed by atoms with Crippen molar-refractivity contribution in [1.29, 1.82) is 0 Å². The number of hydrogen-bond acceptors (Lipinski definition) is 4. The van der Waals surface area contributed by atoms with Gasteiger partial charge < -0.3 is 19.4 Å². The van der Waals surface area contributed by atoms with Gasteiger partial charge in [0, 0.05) is 34.6 Å². The molecule has 1 fully saturated rings. The topological polar surface area (TPSA) is 67.5 Å². The number of fused-ring (bicyclic) bond motifs is 2. The second-order valence-electron chi connectivity index (χ2n) is 10.2. The molecule has 0 bridgehead atoms. The maximum atomic E-state index is 13.9. The minimum Gasteiger partial charge on any atom is -0.473 e. The molecule has 0 spiro atoms. The molecule has 2 aliphatic rings. The molecule has 4 aromatic rings. The third-order valence-corrected chi connectivity index (χ3v) is 8.61. The van der Waals surface area contributed by atoms with Crippen molar-refractivity contribution in [3.63, 3.8) is 0 Å². The zero-order valence-electron chi connectivity index (χ0n) is 21.4. The summed E-state index contributed by atoms with van der Waals surface area (Å²) in [5.74, 6) is 0.950. The Balaban J connectivity index is 1.34. The van der Waals surface area contributed by atoms with E-state index in [9.17, 15) is 4.79 Å². The summed E-state index contributed by atoms with van der Waals surface area (Å²) in [6, 6.07) is 13.9. The number of ether oxygens (including phenoxy) is 2. The molecule has 1 saturated heterocycles. The van der Waals surface area contributed by atoms with Crippen LogP contribution < -0.4 is 4.74 Å². The first-order chi connectivity index (χ1) is 18.4. The van der Waals surface area contributed by atoms with Crippen LogP contribution in [0.3, 0.4) is 0 Å². The number of aromatic amines is 1. The minimum atomic E-state index is -0.115. The summed E-state index contributed by atoms with van der Waals surface area (Å²) < 4.78 is 11.6. The maximum Gasteiger partial charge on any atom is 0.256 e. The SMILES string of the molecule is Cc1nc(OCc2ccccc2)c(CN2CCc3c(Cl)cc(C(C)C4COC4)c(Cl)c3C2=O)c2cc[nH]c12. The Morgan fingerprint density at radius 2 is 2.00 bits per heavy atom. The molecule has 0 radical (unpaired) electrons. The number of nitrogens with zero attached hydrogens (tertiary/aromatic N) is 2. The van der Waals surface area contributed by atoms with Crippen molar-refractivity contribution in [3.05, 3.63) is 92.2 Å². The summed E-state index contributed by atoms with van der Waals surface area (Å²) in [4.78, 5) is 23.8. The van der Waals surface area contributed by atoms with Gasteiger partial charge in [-0.3, -0.25) is 4.79 Å². The molecule has 4 heterocycles. The van der Waals surface area contributed by atoms with E-state index in [-0.39, 0.29) is 11.8 Å². The summed E-state index contributed by atoms with van der Waals surface area (Å²) >= 11 is 13.7. The van der Waals surface area contributed by atoms with Crippen LogP contribution in [0, 0.1) is 12.8 Å². The summed E-state index contributed by atoms with van der Waals surface area (Å²) in [6.07, 6.45) is 2.53. The molecule has 2 aromatic heterocycles. The number of rotatable bonds is 7. The number of pyridine rings is 1. The highest BCUT2D eigenvalue weighted by molar-refractivity contribution is 6.37. The van der Waals surface area contributed by atoms with Crippen molar-refractivity contribution in [1.82, 2.24) is 14.9 Å². The number of carbonyl (C=O) groups is 1. The van der Waals surface area contributed by atoms with Gasteiger partial charge in [-0.1, -0.05) is 60.5 Å². The van der Waals surface area contributed by atoms with Gasteiger partial charge in [0.25, 0.3) is 5.91 Å². The van der Waals surface area contributed by atoms with Gasteiger partial charge in [0.1, 0.15) is 6.61 Å². The average Bonchev–Trinajstić information content (AvgIpc) is 3.38. The van der Waals surface area contributed by atoms with Crippen molar-refractivity contribution in [2.45, 2.75) is 39.3 Å². The Bertz CT molecular complexity index is 1510. The van der Waals surface area contributed by atoms with Crippen LogP contribution in [-0.2, 0) is 24.3 Å². The number of halogens is 2. The van der Waals surface area contributed by atoms with Gasteiger partial charge >= 0.3 is 0 Å². The van der Waals surface area contributed by atoms with Crippen LogP contribution in [0.5, 0.6) is 5.88 Å². The summed E-state index contributed by atoms with van der Waals surface area (Å²) in [6.45, 7) is 6.76. The van der Waals surface area contributed by atoms with Crippen LogP contribution in [0.1, 0.15) is 51.1 Å².